The number of nitrogens with zero attached hydrogens (tertiary/aromatic N) is 1. The smallest absolute Gasteiger partial charge is 0.314 e. The molecule has 2 rings (SSSR count). The normalized spacial score (nSPS) is 18.6. The third-order valence-electron chi connectivity index (χ3n) is 2.52. The topological polar surface area (TPSA) is 37.0 Å². The van der Waals surface area contributed by atoms with Crippen LogP contribution >= 0.6 is 37.2 Å². The lowest BCUT2D eigenvalue weighted by molar-refractivity contribution is -0.141. The molecule has 0 spiro atoms. The number of rotatable bonds is 1. The van der Waals surface area contributed by atoms with E-state index in [1.807, 2.05) is 0 Å². The van der Waals surface area contributed by atoms with Crippen LogP contribution in [0, 0.1) is 0 Å². The molecule has 1 aliphatic rings. The van der Waals surface area contributed by atoms with Gasteiger partial charge in [-0.15, -0.1) is 37.2 Å². The Morgan fingerprint density at radius 1 is 1.11 bits per heavy atom. The number of alkyl halides is 3. The molecule has 0 radical (unpaired) electrons. The summed E-state index contributed by atoms with van der Waals surface area (Å²) >= 11 is 0. The fourth-order valence-electron chi connectivity index (χ4n) is 1.67. The maximum atomic E-state index is 12.3. The minimum absolute atomic E-state index is 0. The first kappa shape index (κ1) is 21.0. The maximum Gasteiger partial charge on any atom is 0.433 e. The van der Waals surface area contributed by atoms with Gasteiger partial charge in [-0.2, -0.15) is 13.2 Å². The Balaban J connectivity index is 0. The van der Waals surface area contributed by atoms with Gasteiger partial charge in [0.1, 0.15) is 5.69 Å². The average Bonchev–Trinajstić information content (AvgIpc) is 2.29. The fraction of sp³-hybridized carbons (Fsp3) is 0.500. The molecule has 0 amide bonds. The second-order valence-electron chi connectivity index (χ2n) is 3.69. The van der Waals surface area contributed by atoms with Crippen LogP contribution in [0.2, 0.25) is 0 Å². The summed E-state index contributed by atoms with van der Waals surface area (Å²) < 4.78 is 36.8. The molecule has 2 heterocycles. The summed E-state index contributed by atoms with van der Waals surface area (Å²) in [5, 5.41) is 6.38. The van der Waals surface area contributed by atoms with Crippen LogP contribution in [0.5, 0.6) is 0 Å². The van der Waals surface area contributed by atoms with Crippen LogP contribution in [0.3, 0.4) is 0 Å². The van der Waals surface area contributed by atoms with Crippen LogP contribution in [0.1, 0.15) is 17.3 Å². The van der Waals surface area contributed by atoms with Crippen molar-refractivity contribution in [2.45, 2.75) is 12.2 Å². The highest BCUT2D eigenvalue weighted by Gasteiger charge is 2.32. The molecule has 2 N–H and O–H groups in total. The fourth-order valence-corrected chi connectivity index (χ4v) is 1.67. The highest BCUT2D eigenvalue weighted by Crippen LogP contribution is 2.27. The Hall–Kier alpha value is -0.270. The van der Waals surface area contributed by atoms with E-state index in [-0.39, 0.29) is 43.3 Å². The molecule has 3 nitrogen and oxygen atoms in total. The van der Waals surface area contributed by atoms with Gasteiger partial charge in [0.15, 0.2) is 0 Å². The van der Waals surface area contributed by atoms with Crippen LogP contribution in [0.4, 0.5) is 13.2 Å². The highest BCUT2D eigenvalue weighted by atomic mass is 35.5. The van der Waals surface area contributed by atoms with Crippen molar-refractivity contribution in [3.63, 3.8) is 0 Å². The first-order valence-corrected chi connectivity index (χ1v) is 5.04. The molecule has 0 bridgehead atoms. The summed E-state index contributed by atoms with van der Waals surface area (Å²) in [6, 6.07) is 2.54. The minimum Gasteiger partial charge on any atom is -0.314 e. The Morgan fingerprint density at radius 2 is 1.79 bits per heavy atom. The van der Waals surface area contributed by atoms with E-state index in [1.54, 1.807) is 0 Å². The molecule has 1 saturated heterocycles. The first-order valence-electron chi connectivity index (χ1n) is 5.04. The van der Waals surface area contributed by atoms with Crippen LogP contribution in [0.15, 0.2) is 18.3 Å². The van der Waals surface area contributed by atoms with Gasteiger partial charge in [-0.25, -0.2) is 0 Å². The van der Waals surface area contributed by atoms with E-state index in [2.05, 4.69) is 15.6 Å². The van der Waals surface area contributed by atoms with E-state index in [1.165, 1.54) is 12.3 Å². The molecule has 1 atom stereocenters. The van der Waals surface area contributed by atoms with Gasteiger partial charge in [0, 0.05) is 31.9 Å². The van der Waals surface area contributed by atoms with Gasteiger partial charge >= 0.3 is 6.18 Å². The molecule has 1 unspecified atom stereocenters. The maximum absolute atomic E-state index is 12.3. The average molecular weight is 341 g/mol. The summed E-state index contributed by atoms with van der Waals surface area (Å²) in [6.07, 6.45) is -3.08. The van der Waals surface area contributed by atoms with Crippen LogP contribution in [-0.4, -0.2) is 24.6 Å². The van der Waals surface area contributed by atoms with Gasteiger partial charge in [0.25, 0.3) is 0 Å². The SMILES string of the molecule is Cl.Cl.Cl.FC(F)(F)c1ccc(C2CNCCN2)cn1. The molecule has 9 heteroatoms. The van der Waals surface area contributed by atoms with E-state index in [0.29, 0.717) is 6.54 Å². The molecule has 1 aromatic rings. The van der Waals surface area contributed by atoms with Crippen molar-refractivity contribution in [3.05, 3.63) is 29.6 Å². The molecular weight excluding hydrogens is 325 g/mol. The summed E-state index contributed by atoms with van der Waals surface area (Å²) in [7, 11) is 0. The van der Waals surface area contributed by atoms with Gasteiger partial charge in [-0.1, -0.05) is 6.07 Å². The van der Waals surface area contributed by atoms with Crippen LogP contribution < -0.4 is 10.6 Å². The zero-order valence-electron chi connectivity index (χ0n) is 9.74. The second-order valence-corrected chi connectivity index (χ2v) is 3.69. The standard InChI is InChI=1S/C10H12F3N3.3ClH/c11-10(12,13)9-2-1-7(5-16-9)8-6-14-3-4-15-8;;;/h1-2,5,8,14-15H,3-4,6H2;3*1H. The third kappa shape index (κ3) is 5.71. The van der Waals surface area contributed by atoms with Crippen molar-refractivity contribution in [1.29, 1.82) is 0 Å². The van der Waals surface area contributed by atoms with Crippen molar-refractivity contribution < 1.29 is 13.2 Å². The summed E-state index contributed by atoms with van der Waals surface area (Å²) in [4.78, 5) is 3.43. The van der Waals surface area contributed by atoms with E-state index < -0.39 is 11.9 Å². The number of halogens is 6. The zero-order valence-corrected chi connectivity index (χ0v) is 12.2. The predicted octanol–water partition coefficient (Wildman–Crippen LogP) is 2.60. The number of aromatic nitrogens is 1. The summed E-state index contributed by atoms with van der Waals surface area (Å²) in [5.41, 5.74) is -0.0692. The van der Waals surface area contributed by atoms with Crippen LogP contribution in [-0.2, 0) is 6.18 Å². The predicted molar refractivity (Wildman–Crippen MR) is 74.6 cm³/mol. The number of hydrogen-bond donors (Lipinski definition) is 2. The summed E-state index contributed by atoms with van der Waals surface area (Å²) in [6.45, 7) is 2.41. The zero-order chi connectivity index (χ0) is 11.6. The minimum atomic E-state index is -4.36. The van der Waals surface area contributed by atoms with Gasteiger partial charge in [-0.05, 0) is 11.6 Å². The number of nitrogens with one attached hydrogen (secondary N) is 2. The van der Waals surface area contributed by atoms with Gasteiger partial charge in [0.05, 0.1) is 0 Å². The monoisotopic (exact) mass is 339 g/mol. The first-order chi connectivity index (χ1) is 7.57. The number of pyridine rings is 1. The van der Waals surface area contributed by atoms with Crippen LogP contribution in [0.25, 0.3) is 0 Å². The van der Waals surface area contributed by atoms with E-state index in [9.17, 15) is 13.2 Å². The Bertz CT molecular complexity index is 353. The lowest BCUT2D eigenvalue weighted by Crippen LogP contribution is -2.42. The van der Waals surface area contributed by atoms with E-state index >= 15 is 0 Å². The summed E-state index contributed by atoms with van der Waals surface area (Å²) in [5.74, 6) is 0. The Kier molecular flexibility index (Phi) is 9.76. The number of hydrogen-bond acceptors (Lipinski definition) is 3. The Labute approximate surface area is 128 Å². The Morgan fingerprint density at radius 3 is 2.21 bits per heavy atom. The molecule has 19 heavy (non-hydrogen) atoms. The van der Waals surface area contributed by atoms with Gasteiger partial charge in [0.2, 0.25) is 0 Å². The molecule has 0 aliphatic carbocycles. The molecular formula is C10H15Cl3F3N3. The molecule has 1 aliphatic heterocycles. The highest BCUT2D eigenvalue weighted by molar-refractivity contribution is 5.86. The number of piperazine rings is 1. The van der Waals surface area contributed by atoms with Crippen molar-refractivity contribution in [2.24, 2.45) is 0 Å². The van der Waals surface area contributed by atoms with Crippen molar-refractivity contribution in [2.75, 3.05) is 19.6 Å². The van der Waals surface area contributed by atoms with Crippen molar-refractivity contribution in [3.8, 4) is 0 Å². The lowest BCUT2D eigenvalue weighted by atomic mass is 10.1. The van der Waals surface area contributed by atoms with Crippen molar-refractivity contribution in [1.82, 2.24) is 15.6 Å². The molecule has 1 aromatic heterocycles. The third-order valence-corrected chi connectivity index (χ3v) is 2.52. The van der Waals surface area contributed by atoms with E-state index in [0.717, 1.165) is 24.7 Å². The van der Waals surface area contributed by atoms with Gasteiger partial charge < -0.3 is 10.6 Å². The second kappa shape index (κ2) is 8.81. The van der Waals surface area contributed by atoms with E-state index in [4.69, 9.17) is 0 Å². The molecule has 1 fully saturated rings. The molecule has 0 aromatic carbocycles. The molecule has 0 saturated carbocycles. The molecule has 112 valence electrons. The van der Waals surface area contributed by atoms with Gasteiger partial charge in [-0.3, -0.25) is 4.98 Å². The quantitative estimate of drug-likeness (QED) is 0.825. The lowest BCUT2D eigenvalue weighted by Gasteiger charge is -2.24. The largest absolute Gasteiger partial charge is 0.433 e. The van der Waals surface area contributed by atoms with Crippen molar-refractivity contribution >= 4 is 37.2 Å².